The van der Waals surface area contributed by atoms with Crippen molar-refractivity contribution < 1.29 is 9.59 Å². The Balaban J connectivity index is 2.46. The zero-order valence-electron chi connectivity index (χ0n) is 11.2. The van der Waals surface area contributed by atoms with Crippen molar-refractivity contribution >= 4 is 34.4 Å². The first-order valence-electron chi connectivity index (χ1n) is 5.91. The van der Waals surface area contributed by atoms with Gasteiger partial charge in [-0.3, -0.25) is 19.9 Å². The predicted molar refractivity (Wildman–Crippen MR) is 76.6 cm³/mol. The second kappa shape index (κ2) is 5.04. The Morgan fingerprint density at radius 1 is 1.40 bits per heavy atom. The topological polar surface area (TPSA) is 115 Å². The first-order chi connectivity index (χ1) is 9.40. The van der Waals surface area contributed by atoms with Gasteiger partial charge in [0.25, 0.3) is 5.91 Å². The van der Waals surface area contributed by atoms with Crippen LogP contribution in [0.1, 0.15) is 17.4 Å². The molecule has 7 nitrogen and oxygen atoms in total. The number of guanidine groups is 1. The molecule has 0 saturated heterocycles. The molecule has 0 bridgehead atoms. The number of aromatic nitrogens is 1. The van der Waals surface area contributed by atoms with Crippen molar-refractivity contribution in [1.82, 2.24) is 9.88 Å². The zero-order valence-corrected chi connectivity index (χ0v) is 11.2. The van der Waals surface area contributed by atoms with Crippen LogP contribution in [-0.4, -0.2) is 34.7 Å². The van der Waals surface area contributed by atoms with Gasteiger partial charge in [-0.1, -0.05) is 6.07 Å². The average molecular weight is 273 g/mol. The van der Waals surface area contributed by atoms with Gasteiger partial charge in [-0.2, -0.15) is 0 Å². The summed E-state index contributed by atoms with van der Waals surface area (Å²) in [5, 5.41) is 10.7. The number of carbonyl (C=O) groups is 2. The fraction of sp³-hybridized carbons (Fsp3) is 0.154. The van der Waals surface area contributed by atoms with E-state index in [9.17, 15) is 9.59 Å². The van der Waals surface area contributed by atoms with Crippen molar-refractivity contribution in [3.05, 3.63) is 30.0 Å². The predicted octanol–water partition coefficient (Wildman–Crippen LogP) is 1.09. The molecule has 2 rings (SSSR count). The molecule has 0 spiro atoms. The Kier molecular flexibility index (Phi) is 3.43. The Labute approximate surface area is 115 Å². The van der Waals surface area contributed by atoms with Gasteiger partial charge in [0.1, 0.15) is 5.69 Å². The van der Waals surface area contributed by atoms with Crippen molar-refractivity contribution in [2.45, 2.75) is 6.92 Å². The van der Waals surface area contributed by atoms with E-state index < -0.39 is 5.91 Å². The summed E-state index contributed by atoms with van der Waals surface area (Å²) in [5.74, 6) is -0.939. The Bertz CT molecular complexity index is 704. The molecular formula is C13H15N5O2. The number of hydrogen-bond donors (Lipinski definition) is 4. The van der Waals surface area contributed by atoms with E-state index in [1.54, 1.807) is 24.3 Å². The molecule has 1 heterocycles. The molecule has 0 fully saturated rings. The molecule has 0 aliphatic carbocycles. The Morgan fingerprint density at radius 2 is 2.10 bits per heavy atom. The first-order valence-corrected chi connectivity index (χ1v) is 5.91. The van der Waals surface area contributed by atoms with E-state index in [-0.39, 0.29) is 11.9 Å². The summed E-state index contributed by atoms with van der Waals surface area (Å²) < 4.78 is 0. The lowest BCUT2D eigenvalue weighted by Crippen LogP contribution is -2.38. The molecular weight excluding hydrogens is 258 g/mol. The Hall–Kier alpha value is -2.83. The van der Waals surface area contributed by atoms with Crippen LogP contribution < -0.4 is 11.1 Å². The number of nitrogens with zero attached hydrogens (tertiary/aromatic N) is 1. The van der Waals surface area contributed by atoms with Gasteiger partial charge in [0.05, 0.1) is 5.69 Å². The molecule has 1 aromatic heterocycles. The number of fused-ring (bicyclic) bond motifs is 1. The van der Waals surface area contributed by atoms with E-state index in [1.807, 2.05) is 0 Å². The molecule has 1 aromatic carbocycles. The average Bonchev–Trinajstić information content (AvgIpc) is 2.81. The third-order valence-corrected chi connectivity index (χ3v) is 2.87. The molecule has 0 radical (unpaired) electrons. The summed E-state index contributed by atoms with van der Waals surface area (Å²) in [5.41, 5.74) is 6.92. The van der Waals surface area contributed by atoms with Crippen molar-refractivity contribution in [3.8, 4) is 0 Å². The lowest BCUT2D eigenvalue weighted by atomic mass is 10.2. The number of hydrogen-bond acceptors (Lipinski definition) is 3. The third kappa shape index (κ3) is 2.46. The number of aromatic amines is 1. The Morgan fingerprint density at radius 3 is 2.70 bits per heavy atom. The highest BCUT2D eigenvalue weighted by molar-refractivity contribution is 6.08. The SMILES string of the molecule is CC(=O)Nc1cccc2[nH]c(C(=O)N(C)C(=N)N)cc12. The number of nitrogens with one attached hydrogen (secondary N) is 3. The first kappa shape index (κ1) is 13.6. The highest BCUT2D eigenvalue weighted by Gasteiger charge is 2.17. The molecule has 2 aromatic rings. The fourth-order valence-corrected chi connectivity index (χ4v) is 1.86. The number of nitrogens with two attached hydrogens (primary N) is 1. The van der Waals surface area contributed by atoms with Gasteiger partial charge in [-0.25, -0.2) is 0 Å². The van der Waals surface area contributed by atoms with Gasteiger partial charge < -0.3 is 16.0 Å². The minimum Gasteiger partial charge on any atom is -0.370 e. The van der Waals surface area contributed by atoms with Crippen LogP contribution in [0.2, 0.25) is 0 Å². The van der Waals surface area contributed by atoms with Crippen LogP contribution >= 0.6 is 0 Å². The number of rotatable bonds is 2. The number of anilines is 1. The molecule has 7 heteroatoms. The second-order valence-electron chi connectivity index (χ2n) is 4.38. The number of amides is 2. The normalized spacial score (nSPS) is 10.3. The monoisotopic (exact) mass is 273 g/mol. The second-order valence-corrected chi connectivity index (χ2v) is 4.38. The number of benzene rings is 1. The van der Waals surface area contributed by atoms with Gasteiger partial charge in [-0.05, 0) is 18.2 Å². The number of carbonyl (C=O) groups excluding carboxylic acids is 2. The fourth-order valence-electron chi connectivity index (χ4n) is 1.86. The van der Waals surface area contributed by atoms with Gasteiger partial charge in [0.2, 0.25) is 5.91 Å². The summed E-state index contributed by atoms with van der Waals surface area (Å²) in [4.78, 5) is 27.2. The zero-order chi connectivity index (χ0) is 14.9. The van der Waals surface area contributed by atoms with E-state index in [0.717, 1.165) is 15.8 Å². The van der Waals surface area contributed by atoms with E-state index in [0.29, 0.717) is 11.4 Å². The largest absolute Gasteiger partial charge is 0.370 e. The van der Waals surface area contributed by atoms with Crippen molar-refractivity contribution in [1.29, 1.82) is 5.41 Å². The van der Waals surface area contributed by atoms with Crippen LogP contribution in [0, 0.1) is 5.41 Å². The minimum atomic E-state index is -0.414. The van der Waals surface area contributed by atoms with E-state index in [2.05, 4.69) is 10.3 Å². The van der Waals surface area contributed by atoms with Crippen LogP contribution in [0.4, 0.5) is 5.69 Å². The molecule has 0 atom stereocenters. The van der Waals surface area contributed by atoms with Crippen molar-refractivity contribution in [3.63, 3.8) is 0 Å². The summed E-state index contributed by atoms with van der Waals surface area (Å²) in [6, 6.07) is 6.95. The molecule has 0 aliphatic rings. The minimum absolute atomic E-state index is 0.188. The molecule has 2 amide bonds. The smallest absolute Gasteiger partial charge is 0.276 e. The van der Waals surface area contributed by atoms with Crippen molar-refractivity contribution in [2.75, 3.05) is 12.4 Å². The van der Waals surface area contributed by atoms with Gasteiger partial charge in [0, 0.05) is 24.9 Å². The molecule has 0 aliphatic heterocycles. The third-order valence-electron chi connectivity index (χ3n) is 2.87. The summed E-state index contributed by atoms with van der Waals surface area (Å²) >= 11 is 0. The quantitative estimate of drug-likeness (QED) is 0.485. The molecule has 0 unspecified atom stereocenters. The van der Waals surface area contributed by atoms with Gasteiger partial charge in [-0.15, -0.1) is 0 Å². The summed E-state index contributed by atoms with van der Waals surface area (Å²) in [6.45, 7) is 1.42. The van der Waals surface area contributed by atoms with Gasteiger partial charge >= 0.3 is 0 Å². The van der Waals surface area contributed by atoms with Gasteiger partial charge in [0.15, 0.2) is 5.96 Å². The van der Waals surface area contributed by atoms with E-state index in [1.165, 1.54) is 14.0 Å². The standard InChI is InChI=1S/C13H15N5O2/c1-7(19)16-9-4-3-5-10-8(9)6-11(17-10)12(20)18(2)13(14)15/h3-6,17H,1-2H3,(H3,14,15)(H,16,19). The summed E-state index contributed by atoms with van der Waals surface area (Å²) in [7, 11) is 1.42. The maximum atomic E-state index is 12.1. The van der Waals surface area contributed by atoms with E-state index >= 15 is 0 Å². The maximum absolute atomic E-state index is 12.1. The van der Waals surface area contributed by atoms with Crippen LogP contribution in [0.5, 0.6) is 0 Å². The van der Waals surface area contributed by atoms with Crippen molar-refractivity contribution in [2.24, 2.45) is 5.73 Å². The lowest BCUT2D eigenvalue weighted by Gasteiger charge is -2.12. The number of H-pyrrole nitrogens is 1. The molecule has 0 saturated carbocycles. The highest BCUT2D eigenvalue weighted by Crippen LogP contribution is 2.24. The highest BCUT2D eigenvalue weighted by atomic mass is 16.2. The van der Waals surface area contributed by atoms with E-state index in [4.69, 9.17) is 11.1 Å². The van der Waals surface area contributed by atoms with Crippen LogP contribution in [0.15, 0.2) is 24.3 Å². The van der Waals surface area contributed by atoms with Crippen LogP contribution in [0.3, 0.4) is 0 Å². The van der Waals surface area contributed by atoms with Crippen LogP contribution in [-0.2, 0) is 4.79 Å². The molecule has 20 heavy (non-hydrogen) atoms. The summed E-state index contributed by atoms with van der Waals surface area (Å²) in [6.07, 6.45) is 0. The molecule has 104 valence electrons. The van der Waals surface area contributed by atoms with Crippen LogP contribution in [0.25, 0.3) is 10.9 Å². The lowest BCUT2D eigenvalue weighted by molar-refractivity contribution is -0.114. The maximum Gasteiger partial charge on any atom is 0.276 e. The molecule has 5 N–H and O–H groups in total.